The first kappa shape index (κ1) is 18.8. The molecule has 0 atom stereocenters. The number of hydrogen-bond donors (Lipinski definition) is 0. The molecule has 3 nitrogen and oxygen atoms in total. The van der Waals surface area contributed by atoms with Gasteiger partial charge in [-0.05, 0) is 54.5 Å². The van der Waals surface area contributed by atoms with E-state index >= 15 is 0 Å². The Morgan fingerprint density at radius 3 is 2.62 bits per heavy atom. The molecule has 0 amide bonds. The third-order valence-corrected chi connectivity index (χ3v) is 7.27. The van der Waals surface area contributed by atoms with Crippen molar-refractivity contribution in [2.75, 3.05) is 0 Å². The summed E-state index contributed by atoms with van der Waals surface area (Å²) >= 11 is 5.27. The minimum absolute atomic E-state index is 0.111. The van der Waals surface area contributed by atoms with E-state index in [4.69, 9.17) is 4.98 Å². The number of aryl methyl sites for hydroxylation is 2. The molecule has 5 rings (SSSR count). The van der Waals surface area contributed by atoms with Crippen LogP contribution in [-0.4, -0.2) is 9.55 Å². The van der Waals surface area contributed by atoms with Crippen LogP contribution in [0.5, 0.6) is 0 Å². The van der Waals surface area contributed by atoms with Crippen LogP contribution >= 0.6 is 27.3 Å². The minimum atomic E-state index is 0.111. The molecule has 0 aliphatic heterocycles. The molecule has 2 heterocycles. The molecule has 0 spiro atoms. The predicted molar refractivity (Wildman–Crippen MR) is 123 cm³/mol. The second-order valence-electron chi connectivity index (χ2n) is 7.60. The van der Waals surface area contributed by atoms with Crippen LogP contribution in [0.25, 0.3) is 10.2 Å². The number of rotatable bonds is 4. The lowest BCUT2D eigenvalue weighted by atomic mass is 9.97. The molecule has 0 fully saturated rings. The molecule has 0 unspecified atom stereocenters. The Labute approximate surface area is 182 Å². The van der Waals surface area contributed by atoms with E-state index in [0.29, 0.717) is 13.0 Å². The molecule has 2 aromatic carbocycles. The number of hydrogen-bond acceptors (Lipinski definition) is 3. The Hall–Kier alpha value is -2.24. The minimum Gasteiger partial charge on any atom is -0.291 e. The van der Waals surface area contributed by atoms with Gasteiger partial charge in [0.1, 0.15) is 10.7 Å². The van der Waals surface area contributed by atoms with Crippen molar-refractivity contribution in [2.45, 2.75) is 38.6 Å². The summed E-state index contributed by atoms with van der Waals surface area (Å²) in [7, 11) is 0. The van der Waals surface area contributed by atoms with Crippen LogP contribution in [0.2, 0.25) is 0 Å². The van der Waals surface area contributed by atoms with Crippen LogP contribution in [0, 0.1) is 0 Å². The lowest BCUT2D eigenvalue weighted by Gasteiger charge is -2.14. The molecule has 29 heavy (non-hydrogen) atoms. The Kier molecular flexibility index (Phi) is 5.10. The molecule has 4 aromatic rings. The van der Waals surface area contributed by atoms with Crippen LogP contribution in [0.1, 0.15) is 40.2 Å². The van der Waals surface area contributed by atoms with Gasteiger partial charge in [0, 0.05) is 15.8 Å². The number of aromatic nitrogens is 2. The fourth-order valence-electron chi connectivity index (χ4n) is 4.17. The highest BCUT2D eigenvalue weighted by Gasteiger charge is 2.22. The molecule has 2 aromatic heterocycles. The topological polar surface area (TPSA) is 34.9 Å². The summed E-state index contributed by atoms with van der Waals surface area (Å²) in [4.78, 5) is 21.0. The Bertz CT molecular complexity index is 1240. The summed E-state index contributed by atoms with van der Waals surface area (Å²) in [6, 6.07) is 18.4. The number of benzene rings is 2. The first-order valence-corrected chi connectivity index (χ1v) is 11.6. The highest BCUT2D eigenvalue weighted by atomic mass is 79.9. The summed E-state index contributed by atoms with van der Waals surface area (Å²) in [5.74, 6) is 0.840. The molecule has 0 radical (unpaired) electrons. The smallest absolute Gasteiger partial charge is 0.262 e. The quantitative estimate of drug-likeness (QED) is 0.385. The molecule has 1 aliphatic carbocycles. The number of fused-ring (bicyclic) bond motifs is 3. The fraction of sp³-hybridized carbons (Fsp3) is 0.250. The zero-order valence-electron chi connectivity index (χ0n) is 16.0. The average molecular weight is 465 g/mol. The third kappa shape index (κ3) is 3.69. The van der Waals surface area contributed by atoms with E-state index in [2.05, 4.69) is 40.2 Å². The SMILES string of the molecule is O=c1c2c3c(sc2nc(Cc2ccccc2)n1Cc1cccc(Br)c1)CCCC3. The highest BCUT2D eigenvalue weighted by molar-refractivity contribution is 9.10. The van der Waals surface area contributed by atoms with Crippen molar-refractivity contribution in [1.29, 1.82) is 0 Å². The van der Waals surface area contributed by atoms with Crippen LogP contribution in [0.3, 0.4) is 0 Å². The van der Waals surface area contributed by atoms with E-state index in [1.165, 1.54) is 22.4 Å². The zero-order valence-corrected chi connectivity index (χ0v) is 18.4. The van der Waals surface area contributed by atoms with Gasteiger partial charge in [0.15, 0.2) is 0 Å². The van der Waals surface area contributed by atoms with E-state index in [0.717, 1.165) is 45.3 Å². The van der Waals surface area contributed by atoms with Gasteiger partial charge in [-0.1, -0.05) is 58.4 Å². The van der Waals surface area contributed by atoms with Gasteiger partial charge >= 0.3 is 0 Å². The Morgan fingerprint density at radius 2 is 1.79 bits per heavy atom. The van der Waals surface area contributed by atoms with Crippen molar-refractivity contribution in [3.8, 4) is 0 Å². The molecular weight excluding hydrogens is 444 g/mol. The lowest BCUT2D eigenvalue weighted by Crippen LogP contribution is -2.26. The van der Waals surface area contributed by atoms with Crippen molar-refractivity contribution in [1.82, 2.24) is 9.55 Å². The Balaban J connectivity index is 1.69. The van der Waals surface area contributed by atoms with E-state index < -0.39 is 0 Å². The summed E-state index contributed by atoms with van der Waals surface area (Å²) < 4.78 is 2.91. The van der Waals surface area contributed by atoms with Gasteiger partial charge in [-0.2, -0.15) is 0 Å². The van der Waals surface area contributed by atoms with Crippen LogP contribution in [0.15, 0.2) is 63.9 Å². The van der Waals surface area contributed by atoms with Crippen molar-refractivity contribution in [3.63, 3.8) is 0 Å². The van der Waals surface area contributed by atoms with Crippen molar-refractivity contribution in [2.24, 2.45) is 0 Å². The van der Waals surface area contributed by atoms with Gasteiger partial charge in [0.05, 0.1) is 11.9 Å². The van der Waals surface area contributed by atoms with Crippen molar-refractivity contribution in [3.05, 3.63) is 96.8 Å². The Morgan fingerprint density at radius 1 is 1.00 bits per heavy atom. The standard InChI is InChI=1S/C24H21BrN2OS/c25-18-10-6-9-17(13-18)15-27-21(14-16-7-2-1-3-8-16)26-23-22(24(27)28)19-11-4-5-12-20(19)29-23/h1-3,6-10,13H,4-5,11-12,14-15H2. The molecule has 0 N–H and O–H groups in total. The van der Waals surface area contributed by atoms with Crippen LogP contribution in [-0.2, 0) is 25.8 Å². The van der Waals surface area contributed by atoms with Gasteiger partial charge in [0.25, 0.3) is 5.56 Å². The highest BCUT2D eigenvalue weighted by Crippen LogP contribution is 2.34. The monoisotopic (exact) mass is 464 g/mol. The van der Waals surface area contributed by atoms with E-state index in [-0.39, 0.29) is 5.56 Å². The first-order valence-electron chi connectivity index (χ1n) is 10.0. The van der Waals surface area contributed by atoms with Gasteiger partial charge in [-0.15, -0.1) is 11.3 Å². The molecule has 0 saturated carbocycles. The number of nitrogens with zero attached hydrogens (tertiary/aromatic N) is 2. The van der Waals surface area contributed by atoms with E-state index in [9.17, 15) is 4.79 Å². The molecule has 1 aliphatic rings. The van der Waals surface area contributed by atoms with Crippen molar-refractivity contribution >= 4 is 37.5 Å². The van der Waals surface area contributed by atoms with Crippen molar-refractivity contribution < 1.29 is 0 Å². The molecule has 5 heteroatoms. The van der Waals surface area contributed by atoms with E-state index in [1.807, 2.05) is 34.9 Å². The van der Waals surface area contributed by atoms with Gasteiger partial charge in [-0.3, -0.25) is 9.36 Å². The maximum atomic E-state index is 13.7. The summed E-state index contributed by atoms with van der Waals surface area (Å²) in [6.45, 7) is 0.536. The molecule has 0 saturated heterocycles. The normalized spacial score (nSPS) is 13.6. The average Bonchev–Trinajstić information content (AvgIpc) is 3.10. The second kappa shape index (κ2) is 7.88. The van der Waals surface area contributed by atoms with Crippen LogP contribution < -0.4 is 5.56 Å². The molecule has 146 valence electrons. The summed E-state index contributed by atoms with van der Waals surface area (Å²) in [6.07, 6.45) is 5.11. The fourth-order valence-corrected chi connectivity index (χ4v) is 5.89. The second-order valence-corrected chi connectivity index (χ2v) is 9.60. The van der Waals surface area contributed by atoms with E-state index in [1.54, 1.807) is 11.3 Å². The third-order valence-electron chi connectivity index (χ3n) is 5.59. The number of halogens is 1. The van der Waals surface area contributed by atoms with Gasteiger partial charge < -0.3 is 0 Å². The maximum absolute atomic E-state index is 13.7. The summed E-state index contributed by atoms with van der Waals surface area (Å²) in [5, 5.41) is 0.858. The lowest BCUT2D eigenvalue weighted by molar-refractivity contribution is 0.685. The molecule has 0 bridgehead atoms. The zero-order chi connectivity index (χ0) is 19.8. The maximum Gasteiger partial charge on any atom is 0.262 e. The first-order chi connectivity index (χ1) is 14.2. The van der Waals surface area contributed by atoms with Gasteiger partial charge in [0.2, 0.25) is 0 Å². The number of thiophene rings is 1. The molecular formula is C24H21BrN2OS. The van der Waals surface area contributed by atoms with Gasteiger partial charge in [-0.25, -0.2) is 4.98 Å². The summed E-state index contributed by atoms with van der Waals surface area (Å²) in [5.41, 5.74) is 3.63. The largest absolute Gasteiger partial charge is 0.291 e. The predicted octanol–water partition coefficient (Wildman–Crippen LogP) is 5.74. The van der Waals surface area contributed by atoms with Crippen LogP contribution in [0.4, 0.5) is 0 Å².